The van der Waals surface area contributed by atoms with Crippen LogP contribution in [0.4, 0.5) is 10.5 Å². The molecule has 4 nitrogen and oxygen atoms in total. The van der Waals surface area contributed by atoms with Gasteiger partial charge in [-0.3, -0.25) is 4.90 Å². The van der Waals surface area contributed by atoms with Gasteiger partial charge in [-0.05, 0) is 35.9 Å². The summed E-state index contributed by atoms with van der Waals surface area (Å²) >= 11 is 0. The molecule has 0 N–H and O–H groups in total. The number of carbonyl (C=O) groups excluding carboxylic acids is 1. The van der Waals surface area contributed by atoms with Crippen molar-refractivity contribution in [1.82, 2.24) is 0 Å². The number of hydrogen-bond acceptors (Lipinski definition) is 3. The lowest BCUT2D eigenvalue weighted by Gasteiger charge is -2.26. The molecule has 1 heterocycles. The van der Waals surface area contributed by atoms with E-state index in [1.165, 1.54) is 4.90 Å². The molecule has 2 aromatic rings. The number of para-hydroxylation sites is 1. The van der Waals surface area contributed by atoms with Gasteiger partial charge in [-0.1, -0.05) is 24.3 Å². The highest BCUT2D eigenvalue weighted by atomic mass is 16.6. The minimum atomic E-state index is -0.386. The maximum absolute atomic E-state index is 11.9. The van der Waals surface area contributed by atoms with Gasteiger partial charge in [-0.2, -0.15) is 0 Å². The van der Waals surface area contributed by atoms with Gasteiger partial charge in [0, 0.05) is 12.6 Å². The van der Waals surface area contributed by atoms with Crippen molar-refractivity contribution in [2.24, 2.45) is 0 Å². The lowest BCUT2D eigenvalue weighted by atomic mass is 10.1. The van der Waals surface area contributed by atoms with E-state index in [1.807, 2.05) is 54.6 Å². The Kier molecular flexibility index (Phi) is 3.36. The third-order valence-electron chi connectivity index (χ3n) is 3.39. The molecule has 1 amide bonds. The van der Waals surface area contributed by atoms with Crippen molar-refractivity contribution in [3.05, 3.63) is 59.7 Å². The zero-order valence-corrected chi connectivity index (χ0v) is 11.9. The molecule has 0 spiro atoms. The van der Waals surface area contributed by atoms with Crippen molar-refractivity contribution >= 4 is 23.6 Å². The van der Waals surface area contributed by atoms with Gasteiger partial charge in [0.15, 0.2) is 0 Å². The van der Waals surface area contributed by atoms with Gasteiger partial charge in [-0.25, -0.2) is 4.79 Å². The predicted octanol–water partition coefficient (Wildman–Crippen LogP) is 3.78. The van der Waals surface area contributed by atoms with Crippen LogP contribution in [0.5, 0.6) is 5.75 Å². The molecule has 0 aromatic heterocycles. The second-order valence-corrected chi connectivity index (χ2v) is 4.73. The highest BCUT2D eigenvalue weighted by Gasteiger charge is 2.25. The first kappa shape index (κ1) is 13.2. The SMILES string of the molecule is COc1cccc(/C=C2\OC(=O)N(C)c3ccccc32)c1. The fourth-order valence-electron chi connectivity index (χ4n) is 2.28. The highest BCUT2D eigenvalue weighted by molar-refractivity contribution is 6.01. The monoisotopic (exact) mass is 281 g/mol. The summed E-state index contributed by atoms with van der Waals surface area (Å²) in [4.78, 5) is 13.4. The number of cyclic esters (lactones) is 1. The molecule has 0 saturated carbocycles. The summed E-state index contributed by atoms with van der Waals surface area (Å²) in [7, 11) is 3.32. The molecule has 1 aliphatic heterocycles. The topological polar surface area (TPSA) is 38.8 Å². The molecule has 0 fully saturated rings. The Hall–Kier alpha value is -2.75. The maximum Gasteiger partial charge on any atom is 0.419 e. The number of carbonyl (C=O) groups is 1. The molecular weight excluding hydrogens is 266 g/mol. The Bertz CT molecular complexity index is 721. The summed E-state index contributed by atoms with van der Waals surface area (Å²) in [5.74, 6) is 1.30. The van der Waals surface area contributed by atoms with Crippen LogP contribution in [0.1, 0.15) is 11.1 Å². The van der Waals surface area contributed by atoms with Crippen molar-refractivity contribution in [2.45, 2.75) is 0 Å². The van der Waals surface area contributed by atoms with E-state index in [0.29, 0.717) is 5.76 Å². The first-order valence-corrected chi connectivity index (χ1v) is 6.60. The summed E-state index contributed by atoms with van der Waals surface area (Å²) < 4.78 is 10.6. The van der Waals surface area contributed by atoms with E-state index in [0.717, 1.165) is 22.6 Å². The third-order valence-corrected chi connectivity index (χ3v) is 3.39. The largest absolute Gasteiger partial charge is 0.497 e. The molecule has 0 atom stereocenters. The van der Waals surface area contributed by atoms with Crippen LogP contribution in [-0.4, -0.2) is 20.3 Å². The molecule has 0 unspecified atom stereocenters. The van der Waals surface area contributed by atoms with Gasteiger partial charge in [0.2, 0.25) is 0 Å². The van der Waals surface area contributed by atoms with Crippen LogP contribution in [-0.2, 0) is 4.74 Å². The number of methoxy groups -OCH3 is 1. The van der Waals surface area contributed by atoms with Gasteiger partial charge in [0.05, 0.1) is 12.8 Å². The maximum atomic E-state index is 11.9. The van der Waals surface area contributed by atoms with Gasteiger partial charge in [0.25, 0.3) is 0 Å². The van der Waals surface area contributed by atoms with Crippen molar-refractivity contribution in [3.8, 4) is 5.75 Å². The Morgan fingerprint density at radius 1 is 1.14 bits per heavy atom. The molecular formula is C17H15NO3. The summed E-state index contributed by atoms with van der Waals surface area (Å²) in [5, 5.41) is 0. The fourth-order valence-corrected chi connectivity index (χ4v) is 2.28. The smallest absolute Gasteiger partial charge is 0.419 e. The van der Waals surface area contributed by atoms with Gasteiger partial charge >= 0.3 is 6.09 Å². The second-order valence-electron chi connectivity index (χ2n) is 4.73. The molecule has 0 bridgehead atoms. The van der Waals surface area contributed by atoms with E-state index in [-0.39, 0.29) is 6.09 Å². The molecule has 106 valence electrons. The molecule has 2 aromatic carbocycles. The highest BCUT2D eigenvalue weighted by Crippen LogP contribution is 2.34. The van der Waals surface area contributed by atoms with Crippen LogP contribution in [0.3, 0.4) is 0 Å². The number of rotatable bonds is 2. The van der Waals surface area contributed by atoms with Crippen LogP contribution in [0, 0.1) is 0 Å². The molecule has 0 saturated heterocycles. The van der Waals surface area contributed by atoms with E-state index in [4.69, 9.17) is 9.47 Å². The van der Waals surface area contributed by atoms with Crippen molar-refractivity contribution < 1.29 is 14.3 Å². The van der Waals surface area contributed by atoms with Crippen LogP contribution >= 0.6 is 0 Å². The number of nitrogens with zero attached hydrogens (tertiary/aromatic N) is 1. The fraction of sp³-hybridized carbons (Fsp3) is 0.118. The lowest BCUT2D eigenvalue weighted by Crippen LogP contribution is -2.31. The van der Waals surface area contributed by atoms with E-state index in [2.05, 4.69) is 0 Å². The first-order chi connectivity index (χ1) is 10.2. The molecule has 4 heteroatoms. The van der Waals surface area contributed by atoms with Gasteiger partial charge < -0.3 is 9.47 Å². The van der Waals surface area contributed by atoms with E-state index >= 15 is 0 Å². The minimum absolute atomic E-state index is 0.386. The molecule has 3 rings (SSSR count). The quantitative estimate of drug-likeness (QED) is 0.841. The lowest BCUT2D eigenvalue weighted by molar-refractivity contribution is 0.199. The molecule has 0 radical (unpaired) electrons. The van der Waals surface area contributed by atoms with Crippen LogP contribution in [0.2, 0.25) is 0 Å². The summed E-state index contributed by atoms with van der Waals surface area (Å²) in [6, 6.07) is 15.2. The van der Waals surface area contributed by atoms with Crippen molar-refractivity contribution in [3.63, 3.8) is 0 Å². The number of fused-ring (bicyclic) bond motifs is 1. The number of benzene rings is 2. The molecule has 21 heavy (non-hydrogen) atoms. The normalized spacial score (nSPS) is 15.6. The summed E-state index contributed by atoms with van der Waals surface area (Å²) in [5.41, 5.74) is 2.64. The number of ether oxygens (including phenoxy) is 2. The Morgan fingerprint density at radius 3 is 2.76 bits per heavy atom. The Morgan fingerprint density at radius 2 is 1.95 bits per heavy atom. The Labute approximate surface area is 123 Å². The van der Waals surface area contributed by atoms with Crippen LogP contribution in [0.25, 0.3) is 11.8 Å². The first-order valence-electron chi connectivity index (χ1n) is 6.60. The third kappa shape index (κ3) is 2.48. The zero-order chi connectivity index (χ0) is 14.8. The summed E-state index contributed by atoms with van der Waals surface area (Å²) in [6.07, 6.45) is 1.45. The Balaban J connectivity index is 2.07. The predicted molar refractivity (Wildman–Crippen MR) is 82.2 cm³/mol. The molecule has 0 aliphatic carbocycles. The van der Waals surface area contributed by atoms with E-state index in [9.17, 15) is 4.79 Å². The van der Waals surface area contributed by atoms with Crippen molar-refractivity contribution in [1.29, 1.82) is 0 Å². The molecule has 1 aliphatic rings. The van der Waals surface area contributed by atoms with Crippen LogP contribution < -0.4 is 9.64 Å². The average molecular weight is 281 g/mol. The van der Waals surface area contributed by atoms with E-state index < -0.39 is 0 Å². The standard InChI is InChI=1S/C17H15NO3/c1-18-15-9-4-3-8-14(15)16(21-17(18)19)11-12-6-5-7-13(10-12)20-2/h3-11H,1-2H3/b16-11-. The van der Waals surface area contributed by atoms with Crippen molar-refractivity contribution in [2.75, 3.05) is 19.1 Å². The van der Waals surface area contributed by atoms with E-state index in [1.54, 1.807) is 14.2 Å². The number of amides is 1. The van der Waals surface area contributed by atoms with Crippen LogP contribution in [0.15, 0.2) is 48.5 Å². The summed E-state index contributed by atoms with van der Waals surface area (Å²) in [6.45, 7) is 0. The van der Waals surface area contributed by atoms with Gasteiger partial charge in [0.1, 0.15) is 11.5 Å². The second kappa shape index (κ2) is 5.32. The zero-order valence-electron chi connectivity index (χ0n) is 11.9. The average Bonchev–Trinajstić information content (AvgIpc) is 2.52. The minimum Gasteiger partial charge on any atom is -0.497 e. The number of hydrogen-bond donors (Lipinski definition) is 0. The number of anilines is 1. The van der Waals surface area contributed by atoms with Gasteiger partial charge in [-0.15, -0.1) is 0 Å².